The van der Waals surface area contributed by atoms with Gasteiger partial charge in [-0.05, 0) is 12.8 Å². The number of halogens is 1. The first-order chi connectivity index (χ1) is 8.41. The third kappa shape index (κ3) is 4.18. The molecule has 2 N–H and O–H groups in total. The fourth-order valence-electron chi connectivity index (χ4n) is 1.64. The topological polar surface area (TPSA) is 55.0 Å². The van der Waals surface area contributed by atoms with Gasteiger partial charge < -0.3 is 10.6 Å². The van der Waals surface area contributed by atoms with Crippen molar-refractivity contribution in [2.24, 2.45) is 11.7 Å². The van der Waals surface area contributed by atoms with Crippen molar-refractivity contribution in [3.8, 4) is 0 Å². The van der Waals surface area contributed by atoms with E-state index >= 15 is 0 Å². The second-order valence-electron chi connectivity index (χ2n) is 4.65. The average Bonchev–Trinajstić information content (AvgIpc) is 2.27. The molecule has 0 aliphatic carbocycles. The van der Waals surface area contributed by atoms with Gasteiger partial charge in [-0.2, -0.15) is 0 Å². The van der Waals surface area contributed by atoms with E-state index in [-0.39, 0.29) is 5.82 Å². The van der Waals surface area contributed by atoms with Crippen molar-refractivity contribution >= 4 is 23.0 Å². The third-order valence-electron chi connectivity index (χ3n) is 2.46. The molecule has 0 saturated heterocycles. The highest BCUT2D eigenvalue weighted by Crippen LogP contribution is 2.18. The van der Waals surface area contributed by atoms with Gasteiger partial charge in [0.25, 0.3) is 0 Å². The number of aromatic nitrogens is 2. The standard InChI is InChI=1S/C12H19FN4S/c1-8(2)6-17(5-4-10(14)18)12-11(13)9(3)15-7-16-12/h7-8H,4-6H2,1-3H3,(H2,14,18). The van der Waals surface area contributed by atoms with Crippen molar-refractivity contribution < 1.29 is 4.39 Å². The summed E-state index contributed by atoms with van der Waals surface area (Å²) in [5, 5.41) is 0. The minimum Gasteiger partial charge on any atom is -0.393 e. The zero-order chi connectivity index (χ0) is 13.7. The molecule has 0 aliphatic heterocycles. The Morgan fingerprint density at radius 1 is 1.50 bits per heavy atom. The van der Waals surface area contributed by atoms with E-state index in [1.807, 2.05) is 4.90 Å². The minimum atomic E-state index is -0.374. The highest BCUT2D eigenvalue weighted by atomic mass is 32.1. The molecule has 1 rings (SSSR count). The van der Waals surface area contributed by atoms with Gasteiger partial charge in [-0.1, -0.05) is 26.1 Å². The lowest BCUT2D eigenvalue weighted by Crippen LogP contribution is -2.32. The lowest BCUT2D eigenvalue weighted by Gasteiger charge is -2.25. The predicted molar refractivity (Wildman–Crippen MR) is 75.2 cm³/mol. The van der Waals surface area contributed by atoms with Crippen LogP contribution in [-0.2, 0) is 0 Å². The Hall–Kier alpha value is -1.30. The summed E-state index contributed by atoms with van der Waals surface area (Å²) in [7, 11) is 0. The van der Waals surface area contributed by atoms with E-state index in [2.05, 4.69) is 23.8 Å². The fraction of sp³-hybridized carbons (Fsp3) is 0.583. The summed E-state index contributed by atoms with van der Waals surface area (Å²) in [5.41, 5.74) is 5.85. The number of hydrogen-bond acceptors (Lipinski definition) is 4. The summed E-state index contributed by atoms with van der Waals surface area (Å²) >= 11 is 4.86. The Morgan fingerprint density at radius 2 is 2.17 bits per heavy atom. The molecular weight excluding hydrogens is 251 g/mol. The highest BCUT2D eigenvalue weighted by Gasteiger charge is 2.16. The van der Waals surface area contributed by atoms with Gasteiger partial charge in [-0.3, -0.25) is 0 Å². The van der Waals surface area contributed by atoms with Crippen LogP contribution in [0.1, 0.15) is 26.0 Å². The van der Waals surface area contributed by atoms with Crippen LogP contribution in [0.2, 0.25) is 0 Å². The minimum absolute atomic E-state index is 0.326. The van der Waals surface area contributed by atoms with E-state index in [1.165, 1.54) is 6.33 Å². The van der Waals surface area contributed by atoms with E-state index in [4.69, 9.17) is 18.0 Å². The molecule has 0 aliphatic rings. The van der Waals surface area contributed by atoms with Gasteiger partial charge >= 0.3 is 0 Å². The SMILES string of the molecule is Cc1ncnc(N(CCC(N)=S)CC(C)C)c1F. The molecule has 0 amide bonds. The number of thiocarbonyl (C=S) groups is 1. The van der Waals surface area contributed by atoms with E-state index in [1.54, 1.807) is 6.92 Å². The molecule has 1 heterocycles. The first kappa shape index (κ1) is 14.8. The van der Waals surface area contributed by atoms with Crippen molar-refractivity contribution in [2.45, 2.75) is 27.2 Å². The van der Waals surface area contributed by atoms with Gasteiger partial charge in [0.1, 0.15) is 6.33 Å². The van der Waals surface area contributed by atoms with Crippen LogP contribution in [0.25, 0.3) is 0 Å². The molecule has 18 heavy (non-hydrogen) atoms. The summed E-state index contributed by atoms with van der Waals surface area (Å²) in [6.45, 7) is 7.04. The maximum atomic E-state index is 14.0. The van der Waals surface area contributed by atoms with Gasteiger partial charge in [0, 0.05) is 19.5 Å². The van der Waals surface area contributed by atoms with E-state index in [9.17, 15) is 4.39 Å². The zero-order valence-corrected chi connectivity index (χ0v) is 11.8. The first-order valence-corrected chi connectivity index (χ1v) is 6.33. The van der Waals surface area contributed by atoms with E-state index < -0.39 is 0 Å². The van der Waals surface area contributed by atoms with Crippen LogP contribution in [-0.4, -0.2) is 28.0 Å². The fourth-order valence-corrected chi connectivity index (χ4v) is 1.73. The highest BCUT2D eigenvalue weighted by molar-refractivity contribution is 7.80. The Bertz CT molecular complexity index is 423. The molecule has 6 heteroatoms. The van der Waals surface area contributed by atoms with Crippen molar-refractivity contribution in [3.63, 3.8) is 0 Å². The molecule has 0 bridgehead atoms. The Balaban J connectivity index is 2.93. The van der Waals surface area contributed by atoms with E-state index in [0.717, 1.165) is 0 Å². The largest absolute Gasteiger partial charge is 0.393 e. The van der Waals surface area contributed by atoms with Crippen molar-refractivity contribution in [1.29, 1.82) is 0 Å². The van der Waals surface area contributed by atoms with Crippen LogP contribution >= 0.6 is 12.2 Å². The molecule has 0 saturated carbocycles. The van der Waals surface area contributed by atoms with Crippen molar-refractivity contribution in [3.05, 3.63) is 17.8 Å². The van der Waals surface area contributed by atoms with Gasteiger partial charge in [0.2, 0.25) is 0 Å². The summed E-state index contributed by atoms with van der Waals surface area (Å²) in [4.78, 5) is 10.2. The normalized spacial score (nSPS) is 10.7. The number of hydrogen-bond donors (Lipinski definition) is 1. The molecule has 0 radical (unpaired) electrons. The summed E-state index contributed by atoms with van der Waals surface area (Å²) in [6, 6.07) is 0. The van der Waals surface area contributed by atoms with E-state index in [0.29, 0.717) is 41.9 Å². The number of rotatable bonds is 6. The zero-order valence-electron chi connectivity index (χ0n) is 11.0. The maximum absolute atomic E-state index is 14.0. The lowest BCUT2D eigenvalue weighted by molar-refractivity contribution is 0.564. The molecule has 0 unspecified atom stereocenters. The van der Waals surface area contributed by atoms with Crippen LogP contribution in [0.4, 0.5) is 10.2 Å². The third-order valence-corrected chi connectivity index (χ3v) is 2.66. The van der Waals surface area contributed by atoms with Crippen LogP contribution in [0.3, 0.4) is 0 Å². The summed E-state index contributed by atoms with van der Waals surface area (Å²) in [6.07, 6.45) is 1.92. The second-order valence-corrected chi connectivity index (χ2v) is 5.18. The molecule has 0 aromatic carbocycles. The predicted octanol–water partition coefficient (Wildman–Crippen LogP) is 2.06. The molecule has 0 spiro atoms. The first-order valence-electron chi connectivity index (χ1n) is 5.92. The molecule has 0 fully saturated rings. The van der Waals surface area contributed by atoms with Crippen LogP contribution < -0.4 is 10.6 Å². The molecule has 1 aromatic rings. The maximum Gasteiger partial charge on any atom is 0.186 e. The number of anilines is 1. The number of nitrogens with two attached hydrogens (primary N) is 1. The second kappa shape index (κ2) is 6.58. The molecule has 100 valence electrons. The average molecular weight is 270 g/mol. The van der Waals surface area contributed by atoms with Crippen LogP contribution in [0.15, 0.2) is 6.33 Å². The smallest absolute Gasteiger partial charge is 0.186 e. The quantitative estimate of drug-likeness (QED) is 0.802. The van der Waals surface area contributed by atoms with Crippen molar-refractivity contribution in [1.82, 2.24) is 9.97 Å². The van der Waals surface area contributed by atoms with Gasteiger partial charge in [0.05, 0.1) is 10.7 Å². The lowest BCUT2D eigenvalue weighted by atomic mass is 10.2. The van der Waals surface area contributed by atoms with Gasteiger partial charge in [-0.25, -0.2) is 14.4 Å². The van der Waals surface area contributed by atoms with Crippen LogP contribution in [0, 0.1) is 18.7 Å². The summed E-state index contributed by atoms with van der Waals surface area (Å²) in [5.74, 6) is 0.347. The summed E-state index contributed by atoms with van der Waals surface area (Å²) < 4.78 is 14.0. The molecule has 1 aromatic heterocycles. The van der Waals surface area contributed by atoms with Crippen molar-refractivity contribution in [2.75, 3.05) is 18.0 Å². The molecular formula is C12H19FN4S. The monoisotopic (exact) mass is 270 g/mol. The Labute approximate surface area is 112 Å². The Morgan fingerprint density at radius 3 is 2.72 bits per heavy atom. The number of aryl methyl sites for hydroxylation is 1. The molecule has 0 atom stereocenters. The van der Waals surface area contributed by atoms with Gasteiger partial charge in [-0.15, -0.1) is 0 Å². The van der Waals surface area contributed by atoms with Crippen LogP contribution in [0.5, 0.6) is 0 Å². The van der Waals surface area contributed by atoms with Gasteiger partial charge in [0.15, 0.2) is 11.6 Å². The molecule has 4 nitrogen and oxygen atoms in total. The number of nitrogens with zero attached hydrogens (tertiary/aromatic N) is 3. The Kier molecular flexibility index (Phi) is 5.40.